The van der Waals surface area contributed by atoms with Gasteiger partial charge >= 0.3 is 0 Å². The van der Waals surface area contributed by atoms with Crippen LogP contribution in [0.15, 0.2) is 24.5 Å². The lowest BCUT2D eigenvalue weighted by molar-refractivity contribution is -0.130. The molecule has 0 atom stereocenters. The van der Waals surface area contributed by atoms with Gasteiger partial charge in [0.2, 0.25) is 11.8 Å². The molecule has 0 bridgehead atoms. The van der Waals surface area contributed by atoms with Gasteiger partial charge in [-0.05, 0) is 49.7 Å². The average Bonchev–Trinajstić information content (AvgIpc) is 2.60. The molecule has 2 N–H and O–H groups in total. The van der Waals surface area contributed by atoms with E-state index in [-0.39, 0.29) is 23.7 Å². The highest BCUT2D eigenvalue weighted by atomic mass is 16.2. The summed E-state index contributed by atoms with van der Waals surface area (Å²) < 4.78 is 0. The molecule has 1 aliphatic rings. The normalized spacial score (nSPS) is 20.6. The molecule has 0 aromatic carbocycles. The van der Waals surface area contributed by atoms with Crippen molar-refractivity contribution in [2.75, 3.05) is 6.54 Å². The Morgan fingerprint density at radius 1 is 1.12 bits per heavy atom. The zero-order valence-electron chi connectivity index (χ0n) is 14.8. The summed E-state index contributed by atoms with van der Waals surface area (Å²) in [4.78, 5) is 28.5. The van der Waals surface area contributed by atoms with Crippen LogP contribution in [0.1, 0.15) is 51.5 Å². The van der Waals surface area contributed by atoms with Crippen molar-refractivity contribution >= 4 is 11.8 Å². The van der Waals surface area contributed by atoms with Crippen molar-refractivity contribution in [1.82, 2.24) is 15.6 Å². The first-order valence-corrected chi connectivity index (χ1v) is 9.00. The number of hydrogen-bond acceptors (Lipinski definition) is 3. The molecule has 2 amide bonds. The van der Waals surface area contributed by atoms with Crippen LogP contribution in [-0.4, -0.2) is 23.3 Å². The van der Waals surface area contributed by atoms with Crippen molar-refractivity contribution in [3.8, 4) is 0 Å². The van der Waals surface area contributed by atoms with Gasteiger partial charge in [-0.25, -0.2) is 0 Å². The number of pyridine rings is 1. The third-order valence-electron chi connectivity index (χ3n) is 4.68. The lowest BCUT2D eigenvalue weighted by Gasteiger charge is -2.27. The van der Waals surface area contributed by atoms with Crippen LogP contribution in [0.3, 0.4) is 0 Å². The molecule has 0 radical (unpaired) electrons. The summed E-state index contributed by atoms with van der Waals surface area (Å²) in [5.41, 5.74) is 1.00. The van der Waals surface area contributed by atoms with Crippen LogP contribution in [0.5, 0.6) is 0 Å². The predicted octanol–water partition coefficient (Wildman–Crippen LogP) is 2.67. The van der Waals surface area contributed by atoms with E-state index in [1.165, 1.54) is 0 Å². The number of carbonyl (C=O) groups is 2. The lowest BCUT2D eigenvalue weighted by atomic mass is 9.81. The zero-order chi connectivity index (χ0) is 17.4. The smallest absolute Gasteiger partial charge is 0.223 e. The fourth-order valence-corrected chi connectivity index (χ4v) is 3.08. The Balaban J connectivity index is 1.68. The highest BCUT2D eigenvalue weighted by Crippen LogP contribution is 2.29. The van der Waals surface area contributed by atoms with Crippen molar-refractivity contribution < 1.29 is 9.59 Å². The van der Waals surface area contributed by atoms with E-state index in [1.807, 2.05) is 12.1 Å². The predicted molar refractivity (Wildman–Crippen MR) is 94.0 cm³/mol. The van der Waals surface area contributed by atoms with Crippen LogP contribution >= 0.6 is 0 Å². The second kappa shape index (κ2) is 9.40. The lowest BCUT2D eigenvalue weighted by Crippen LogP contribution is -2.37. The van der Waals surface area contributed by atoms with Gasteiger partial charge in [-0.2, -0.15) is 0 Å². The maximum absolute atomic E-state index is 12.3. The Bertz CT molecular complexity index is 523. The SMILES string of the molecule is CC(C)CCNC(=O)C1CCC(C(=O)NCc2cccnc2)CC1. The first-order valence-electron chi connectivity index (χ1n) is 9.00. The highest BCUT2D eigenvalue weighted by Gasteiger charge is 2.29. The van der Waals surface area contributed by atoms with Gasteiger partial charge in [0.05, 0.1) is 0 Å². The molecule has 1 aromatic heterocycles. The Morgan fingerprint density at radius 2 is 1.75 bits per heavy atom. The topological polar surface area (TPSA) is 71.1 Å². The molecular weight excluding hydrogens is 302 g/mol. The minimum Gasteiger partial charge on any atom is -0.356 e. The number of nitrogens with one attached hydrogen (secondary N) is 2. The molecule has 0 saturated heterocycles. The average molecular weight is 331 g/mol. The number of amides is 2. The molecule has 132 valence electrons. The maximum atomic E-state index is 12.3. The summed E-state index contributed by atoms with van der Waals surface area (Å²) in [6.45, 7) is 5.58. The monoisotopic (exact) mass is 331 g/mol. The Kier molecular flexibility index (Phi) is 7.22. The van der Waals surface area contributed by atoms with E-state index >= 15 is 0 Å². The van der Waals surface area contributed by atoms with E-state index in [1.54, 1.807) is 12.4 Å². The first kappa shape index (κ1) is 18.4. The van der Waals surface area contributed by atoms with Gasteiger partial charge in [-0.1, -0.05) is 19.9 Å². The molecule has 2 rings (SSSR count). The highest BCUT2D eigenvalue weighted by molar-refractivity contribution is 5.81. The Hall–Kier alpha value is -1.91. The zero-order valence-corrected chi connectivity index (χ0v) is 14.8. The van der Waals surface area contributed by atoms with Crippen LogP contribution in [0, 0.1) is 17.8 Å². The van der Waals surface area contributed by atoms with Crippen LogP contribution in [0.4, 0.5) is 0 Å². The fraction of sp³-hybridized carbons (Fsp3) is 0.632. The van der Waals surface area contributed by atoms with Gasteiger partial charge in [0.25, 0.3) is 0 Å². The standard InChI is InChI=1S/C19H29N3O2/c1-14(2)9-11-21-18(23)16-5-7-17(8-6-16)19(24)22-13-15-4-3-10-20-12-15/h3-4,10,12,14,16-17H,5-9,11,13H2,1-2H3,(H,21,23)(H,22,24). The van der Waals surface area contributed by atoms with Gasteiger partial charge < -0.3 is 10.6 Å². The van der Waals surface area contributed by atoms with Crippen LogP contribution in [-0.2, 0) is 16.1 Å². The molecule has 1 saturated carbocycles. The number of rotatable bonds is 7. The maximum Gasteiger partial charge on any atom is 0.223 e. The Morgan fingerprint density at radius 3 is 2.29 bits per heavy atom. The van der Waals surface area contributed by atoms with E-state index < -0.39 is 0 Å². The molecule has 0 unspecified atom stereocenters. The van der Waals surface area contributed by atoms with Crippen molar-refractivity contribution in [2.24, 2.45) is 17.8 Å². The number of nitrogens with zero attached hydrogens (tertiary/aromatic N) is 1. The van der Waals surface area contributed by atoms with Crippen molar-refractivity contribution in [3.05, 3.63) is 30.1 Å². The molecule has 5 nitrogen and oxygen atoms in total. The minimum absolute atomic E-state index is 0.0291. The van der Waals surface area contributed by atoms with E-state index in [9.17, 15) is 9.59 Å². The number of hydrogen-bond donors (Lipinski definition) is 2. The van der Waals surface area contributed by atoms with E-state index in [0.29, 0.717) is 12.5 Å². The molecule has 24 heavy (non-hydrogen) atoms. The largest absolute Gasteiger partial charge is 0.356 e. The second-order valence-corrected chi connectivity index (χ2v) is 7.10. The van der Waals surface area contributed by atoms with E-state index in [0.717, 1.165) is 44.2 Å². The summed E-state index contributed by atoms with van der Waals surface area (Å²) in [7, 11) is 0. The third kappa shape index (κ3) is 5.95. The van der Waals surface area contributed by atoms with E-state index in [4.69, 9.17) is 0 Å². The fourth-order valence-electron chi connectivity index (χ4n) is 3.08. The third-order valence-corrected chi connectivity index (χ3v) is 4.68. The Labute approximate surface area is 144 Å². The van der Waals surface area contributed by atoms with Gasteiger partial charge in [-0.15, -0.1) is 0 Å². The summed E-state index contributed by atoms with van der Waals surface area (Å²) in [6.07, 6.45) is 7.69. The molecule has 1 aromatic rings. The van der Waals surface area contributed by atoms with Gasteiger partial charge in [0.1, 0.15) is 0 Å². The molecule has 1 fully saturated rings. The molecule has 0 aliphatic heterocycles. The summed E-state index contributed by atoms with van der Waals surface area (Å²) >= 11 is 0. The second-order valence-electron chi connectivity index (χ2n) is 7.10. The molecular formula is C19H29N3O2. The molecule has 1 aliphatic carbocycles. The summed E-state index contributed by atoms with van der Waals surface area (Å²) in [6, 6.07) is 3.82. The summed E-state index contributed by atoms with van der Waals surface area (Å²) in [5.74, 6) is 0.952. The molecule has 1 heterocycles. The molecule has 5 heteroatoms. The molecule has 0 spiro atoms. The van der Waals surface area contributed by atoms with Crippen LogP contribution in [0.2, 0.25) is 0 Å². The number of carbonyl (C=O) groups excluding carboxylic acids is 2. The van der Waals surface area contributed by atoms with Crippen LogP contribution < -0.4 is 10.6 Å². The van der Waals surface area contributed by atoms with Gasteiger partial charge in [0.15, 0.2) is 0 Å². The van der Waals surface area contributed by atoms with E-state index in [2.05, 4.69) is 29.5 Å². The van der Waals surface area contributed by atoms with Crippen molar-refractivity contribution in [2.45, 2.75) is 52.5 Å². The van der Waals surface area contributed by atoms with Crippen molar-refractivity contribution in [1.29, 1.82) is 0 Å². The van der Waals surface area contributed by atoms with Gasteiger partial charge in [0, 0.05) is 37.3 Å². The minimum atomic E-state index is 0.0291. The number of aromatic nitrogens is 1. The first-order chi connectivity index (χ1) is 11.6. The van der Waals surface area contributed by atoms with Crippen LogP contribution in [0.25, 0.3) is 0 Å². The van der Waals surface area contributed by atoms with Gasteiger partial charge in [-0.3, -0.25) is 14.6 Å². The summed E-state index contributed by atoms with van der Waals surface area (Å²) in [5, 5.41) is 6.01. The quantitative estimate of drug-likeness (QED) is 0.807. The van der Waals surface area contributed by atoms with Crippen molar-refractivity contribution in [3.63, 3.8) is 0 Å².